The maximum atomic E-state index is 11.6. The summed E-state index contributed by atoms with van der Waals surface area (Å²) in [5.41, 5.74) is 2.26. The molecule has 6 nitrogen and oxygen atoms in total. The standard InChI is InChI=1S/C20H32N4O2/c1-4-21-20(22-11-7-13-24-12-6-8-19(24)25)23-15-17-10-9-16(3)14-18(17)26-5-2/h9-10,14H,4-8,11-13,15H2,1-3H3,(H2,21,22,23). The third-order valence-electron chi connectivity index (χ3n) is 4.34. The average molecular weight is 361 g/mol. The second-order valence-electron chi connectivity index (χ2n) is 6.50. The normalized spacial score (nSPS) is 14.7. The molecule has 1 fully saturated rings. The molecule has 1 amide bonds. The number of aryl methyl sites for hydroxylation is 1. The molecule has 0 atom stereocenters. The topological polar surface area (TPSA) is 66.0 Å². The Morgan fingerprint density at radius 2 is 2.15 bits per heavy atom. The highest BCUT2D eigenvalue weighted by Gasteiger charge is 2.18. The fourth-order valence-corrected chi connectivity index (χ4v) is 3.01. The number of hydrogen-bond donors (Lipinski definition) is 2. The molecule has 0 unspecified atom stereocenters. The molecule has 1 aliphatic heterocycles. The zero-order valence-electron chi connectivity index (χ0n) is 16.3. The van der Waals surface area contributed by atoms with Crippen molar-refractivity contribution in [3.63, 3.8) is 0 Å². The summed E-state index contributed by atoms with van der Waals surface area (Å²) < 4.78 is 5.73. The van der Waals surface area contributed by atoms with Gasteiger partial charge in [-0.05, 0) is 45.2 Å². The molecule has 0 radical (unpaired) electrons. The highest BCUT2D eigenvalue weighted by Crippen LogP contribution is 2.21. The van der Waals surface area contributed by atoms with E-state index in [1.807, 2.05) is 11.8 Å². The molecule has 0 aliphatic carbocycles. The Bertz CT molecular complexity index is 616. The van der Waals surface area contributed by atoms with Crippen molar-refractivity contribution in [1.82, 2.24) is 15.5 Å². The molecule has 2 N–H and O–H groups in total. The maximum Gasteiger partial charge on any atom is 0.222 e. The molecule has 6 heteroatoms. The largest absolute Gasteiger partial charge is 0.494 e. The molecule has 0 spiro atoms. The van der Waals surface area contributed by atoms with Crippen molar-refractivity contribution in [3.8, 4) is 5.75 Å². The van der Waals surface area contributed by atoms with Crippen molar-refractivity contribution >= 4 is 11.9 Å². The molecule has 0 saturated carbocycles. The van der Waals surface area contributed by atoms with E-state index in [-0.39, 0.29) is 5.91 Å². The first-order valence-corrected chi connectivity index (χ1v) is 9.66. The second kappa shape index (κ2) is 10.7. The maximum absolute atomic E-state index is 11.6. The van der Waals surface area contributed by atoms with Crippen LogP contribution >= 0.6 is 0 Å². The van der Waals surface area contributed by atoms with Gasteiger partial charge in [-0.1, -0.05) is 12.1 Å². The minimum Gasteiger partial charge on any atom is -0.494 e. The van der Waals surface area contributed by atoms with E-state index in [0.29, 0.717) is 19.6 Å². The van der Waals surface area contributed by atoms with Gasteiger partial charge in [0, 0.05) is 38.2 Å². The summed E-state index contributed by atoms with van der Waals surface area (Å²) in [6.07, 6.45) is 2.62. The van der Waals surface area contributed by atoms with Gasteiger partial charge in [-0.2, -0.15) is 0 Å². The smallest absolute Gasteiger partial charge is 0.222 e. The zero-order valence-corrected chi connectivity index (χ0v) is 16.3. The van der Waals surface area contributed by atoms with E-state index in [1.165, 1.54) is 5.56 Å². The van der Waals surface area contributed by atoms with Crippen molar-refractivity contribution in [2.45, 2.75) is 46.6 Å². The fraction of sp³-hybridized carbons (Fsp3) is 0.600. The number of nitrogens with zero attached hydrogens (tertiary/aromatic N) is 2. The number of ether oxygens (including phenoxy) is 1. The molecule has 0 aromatic heterocycles. The number of rotatable bonds is 9. The van der Waals surface area contributed by atoms with E-state index in [1.54, 1.807) is 0 Å². The summed E-state index contributed by atoms with van der Waals surface area (Å²) >= 11 is 0. The Morgan fingerprint density at radius 1 is 1.31 bits per heavy atom. The number of carbonyl (C=O) groups is 1. The van der Waals surface area contributed by atoms with Gasteiger partial charge in [0.1, 0.15) is 5.75 Å². The van der Waals surface area contributed by atoms with E-state index < -0.39 is 0 Å². The number of nitrogens with one attached hydrogen (secondary N) is 2. The van der Waals surface area contributed by atoms with Crippen LogP contribution in [0.25, 0.3) is 0 Å². The average Bonchev–Trinajstić information content (AvgIpc) is 3.03. The molecule has 1 aromatic rings. The molecule has 1 saturated heterocycles. The van der Waals surface area contributed by atoms with Gasteiger partial charge in [0.2, 0.25) is 5.91 Å². The van der Waals surface area contributed by atoms with Crippen molar-refractivity contribution in [3.05, 3.63) is 29.3 Å². The lowest BCUT2D eigenvalue weighted by atomic mass is 10.1. The van der Waals surface area contributed by atoms with Crippen LogP contribution in [-0.4, -0.2) is 49.6 Å². The van der Waals surface area contributed by atoms with Crippen LogP contribution in [0.2, 0.25) is 0 Å². The lowest BCUT2D eigenvalue weighted by Crippen LogP contribution is -2.39. The van der Waals surface area contributed by atoms with Crippen LogP contribution in [0.5, 0.6) is 5.75 Å². The monoisotopic (exact) mass is 360 g/mol. The van der Waals surface area contributed by atoms with Gasteiger partial charge >= 0.3 is 0 Å². The summed E-state index contributed by atoms with van der Waals surface area (Å²) in [7, 11) is 0. The van der Waals surface area contributed by atoms with Crippen LogP contribution < -0.4 is 15.4 Å². The number of amides is 1. The summed E-state index contributed by atoms with van der Waals surface area (Å²) in [6, 6.07) is 6.22. The first kappa shape index (κ1) is 20.1. The van der Waals surface area contributed by atoms with E-state index in [0.717, 1.165) is 56.3 Å². The van der Waals surface area contributed by atoms with E-state index in [2.05, 4.69) is 47.7 Å². The lowest BCUT2D eigenvalue weighted by molar-refractivity contribution is -0.127. The Kier molecular flexibility index (Phi) is 8.25. The Morgan fingerprint density at radius 3 is 2.85 bits per heavy atom. The Hall–Kier alpha value is -2.24. The summed E-state index contributed by atoms with van der Waals surface area (Å²) in [5.74, 6) is 1.98. The Labute approximate surface area is 157 Å². The van der Waals surface area contributed by atoms with Crippen LogP contribution in [-0.2, 0) is 11.3 Å². The van der Waals surface area contributed by atoms with Gasteiger partial charge in [0.15, 0.2) is 5.96 Å². The molecule has 1 aromatic carbocycles. The highest BCUT2D eigenvalue weighted by molar-refractivity contribution is 5.80. The van der Waals surface area contributed by atoms with Gasteiger partial charge in [-0.3, -0.25) is 4.79 Å². The molecule has 1 aliphatic rings. The number of benzene rings is 1. The summed E-state index contributed by atoms with van der Waals surface area (Å²) in [6.45, 7) is 10.6. The first-order valence-electron chi connectivity index (χ1n) is 9.66. The zero-order chi connectivity index (χ0) is 18.8. The van der Waals surface area contributed by atoms with Crippen LogP contribution in [0, 0.1) is 6.92 Å². The summed E-state index contributed by atoms with van der Waals surface area (Å²) in [5, 5.41) is 6.62. The predicted octanol–water partition coefficient (Wildman–Crippen LogP) is 2.46. The van der Waals surface area contributed by atoms with Crippen molar-refractivity contribution < 1.29 is 9.53 Å². The van der Waals surface area contributed by atoms with Gasteiger partial charge in [0.25, 0.3) is 0 Å². The molecule has 26 heavy (non-hydrogen) atoms. The molecule has 2 rings (SSSR count). The molecule has 0 bridgehead atoms. The number of likely N-dealkylation sites (tertiary alicyclic amines) is 1. The van der Waals surface area contributed by atoms with E-state index >= 15 is 0 Å². The van der Waals surface area contributed by atoms with Crippen molar-refractivity contribution in [1.29, 1.82) is 0 Å². The van der Waals surface area contributed by atoms with Crippen molar-refractivity contribution in [2.75, 3.05) is 32.8 Å². The van der Waals surface area contributed by atoms with Gasteiger partial charge in [-0.15, -0.1) is 0 Å². The minimum atomic E-state index is 0.286. The molecular formula is C20H32N4O2. The molecular weight excluding hydrogens is 328 g/mol. The van der Waals surface area contributed by atoms with Crippen LogP contribution in [0.3, 0.4) is 0 Å². The minimum absolute atomic E-state index is 0.286. The SMILES string of the molecule is CCNC(=NCc1ccc(C)cc1OCC)NCCCN1CCCC1=O. The van der Waals surface area contributed by atoms with E-state index in [4.69, 9.17) is 4.74 Å². The van der Waals surface area contributed by atoms with Crippen LogP contribution in [0.15, 0.2) is 23.2 Å². The van der Waals surface area contributed by atoms with E-state index in [9.17, 15) is 4.79 Å². The van der Waals surface area contributed by atoms with Gasteiger partial charge in [-0.25, -0.2) is 4.99 Å². The third-order valence-corrected chi connectivity index (χ3v) is 4.34. The van der Waals surface area contributed by atoms with Gasteiger partial charge in [0.05, 0.1) is 13.2 Å². The first-order chi connectivity index (χ1) is 12.6. The number of carbonyl (C=O) groups excluding carboxylic acids is 1. The van der Waals surface area contributed by atoms with Crippen LogP contribution in [0.1, 0.15) is 44.2 Å². The summed E-state index contributed by atoms with van der Waals surface area (Å²) in [4.78, 5) is 18.3. The fourth-order valence-electron chi connectivity index (χ4n) is 3.01. The lowest BCUT2D eigenvalue weighted by Gasteiger charge is -2.16. The molecule has 1 heterocycles. The van der Waals surface area contributed by atoms with Crippen LogP contribution in [0.4, 0.5) is 0 Å². The third kappa shape index (κ3) is 6.24. The number of aliphatic imine (C=N–C) groups is 1. The molecule has 144 valence electrons. The number of hydrogen-bond acceptors (Lipinski definition) is 3. The quantitative estimate of drug-likeness (QED) is 0.403. The van der Waals surface area contributed by atoms with Crippen molar-refractivity contribution in [2.24, 2.45) is 4.99 Å². The second-order valence-corrected chi connectivity index (χ2v) is 6.50. The number of guanidine groups is 1. The predicted molar refractivity (Wildman–Crippen MR) is 106 cm³/mol. The van der Waals surface area contributed by atoms with Gasteiger partial charge < -0.3 is 20.3 Å². The highest BCUT2D eigenvalue weighted by atomic mass is 16.5. The Balaban J connectivity index is 1.86.